The molecule has 1 aliphatic rings. The number of carbonyl (C=O) groups is 1. The molecule has 172 valence electrons. The minimum atomic E-state index is -0.344. The molecule has 3 heterocycles. The van der Waals surface area contributed by atoms with E-state index in [1.54, 1.807) is 6.07 Å². The summed E-state index contributed by atoms with van der Waals surface area (Å²) in [6, 6.07) is 15.7. The standard InChI is InChI=1S/C26H30N4O2S/c1-16(2)15-29-24(23(28-26(29)33)22-11-6-7-12-27-22)21-13-17(3)30(18(21)4)20-10-8-9-19(14-20)25(31)32-5/h6-14,16,23-24H,15H2,1-5H3,(H,28,33)/t23-,24-/m0/s1. The average molecular weight is 463 g/mol. The third-order valence-corrected chi connectivity index (χ3v) is 6.43. The van der Waals surface area contributed by atoms with Crippen molar-refractivity contribution in [3.8, 4) is 5.69 Å². The molecule has 0 saturated carbocycles. The van der Waals surface area contributed by atoms with Gasteiger partial charge >= 0.3 is 5.97 Å². The van der Waals surface area contributed by atoms with Crippen LogP contribution in [0.15, 0.2) is 54.7 Å². The van der Waals surface area contributed by atoms with E-state index < -0.39 is 0 Å². The second-order valence-electron chi connectivity index (χ2n) is 8.88. The summed E-state index contributed by atoms with van der Waals surface area (Å²) < 4.78 is 7.10. The highest BCUT2D eigenvalue weighted by molar-refractivity contribution is 7.80. The van der Waals surface area contributed by atoms with Crippen LogP contribution in [0.4, 0.5) is 0 Å². The van der Waals surface area contributed by atoms with E-state index in [9.17, 15) is 4.79 Å². The van der Waals surface area contributed by atoms with Gasteiger partial charge in [0, 0.05) is 29.8 Å². The van der Waals surface area contributed by atoms with E-state index >= 15 is 0 Å². The van der Waals surface area contributed by atoms with Gasteiger partial charge in [-0.25, -0.2) is 4.79 Å². The fraction of sp³-hybridized carbons (Fsp3) is 0.346. The Hall–Kier alpha value is -3.19. The molecule has 2 atom stereocenters. The lowest BCUT2D eigenvalue weighted by Crippen LogP contribution is -2.33. The smallest absolute Gasteiger partial charge is 0.337 e. The van der Waals surface area contributed by atoms with Gasteiger partial charge in [0.15, 0.2) is 5.11 Å². The highest BCUT2D eigenvalue weighted by atomic mass is 32.1. The molecule has 1 N–H and O–H groups in total. The summed E-state index contributed by atoms with van der Waals surface area (Å²) in [4.78, 5) is 19.0. The van der Waals surface area contributed by atoms with Gasteiger partial charge in [-0.15, -0.1) is 0 Å². The Morgan fingerprint density at radius 1 is 1.18 bits per heavy atom. The van der Waals surface area contributed by atoms with Crippen LogP contribution in [-0.4, -0.2) is 39.2 Å². The number of aryl methyl sites for hydroxylation is 1. The number of rotatable bonds is 6. The number of methoxy groups -OCH3 is 1. The van der Waals surface area contributed by atoms with E-state index in [2.05, 4.69) is 53.5 Å². The molecule has 0 radical (unpaired) electrons. The lowest BCUT2D eigenvalue weighted by atomic mass is 9.96. The minimum Gasteiger partial charge on any atom is -0.465 e. The normalized spacial score (nSPS) is 18.0. The summed E-state index contributed by atoms with van der Waals surface area (Å²) in [6.07, 6.45) is 1.82. The third-order valence-electron chi connectivity index (χ3n) is 6.07. The first-order chi connectivity index (χ1) is 15.8. The Morgan fingerprint density at radius 2 is 1.97 bits per heavy atom. The predicted octanol–water partition coefficient (Wildman–Crippen LogP) is 4.90. The van der Waals surface area contributed by atoms with Crippen LogP contribution in [0.1, 0.15) is 58.9 Å². The largest absolute Gasteiger partial charge is 0.465 e. The van der Waals surface area contributed by atoms with E-state index in [0.29, 0.717) is 11.5 Å². The molecule has 0 aliphatic carbocycles. The Morgan fingerprint density at radius 3 is 2.64 bits per heavy atom. The molecule has 1 aromatic carbocycles. The SMILES string of the molecule is COC(=O)c1cccc(-n2c(C)cc([C@H]3[C@H](c4ccccn4)NC(=S)N3CC(C)C)c2C)c1. The van der Waals surface area contributed by atoms with E-state index in [0.717, 1.165) is 34.4 Å². The second-order valence-corrected chi connectivity index (χ2v) is 9.26. The van der Waals surface area contributed by atoms with Gasteiger partial charge in [-0.1, -0.05) is 26.0 Å². The van der Waals surface area contributed by atoms with Crippen molar-refractivity contribution in [2.24, 2.45) is 5.92 Å². The van der Waals surface area contributed by atoms with Crippen molar-refractivity contribution >= 4 is 23.3 Å². The van der Waals surface area contributed by atoms with Gasteiger partial charge in [0.05, 0.1) is 30.5 Å². The molecule has 33 heavy (non-hydrogen) atoms. The Kier molecular flexibility index (Phi) is 6.51. The fourth-order valence-electron chi connectivity index (χ4n) is 4.71. The van der Waals surface area contributed by atoms with Gasteiger partial charge in [-0.3, -0.25) is 4.98 Å². The summed E-state index contributed by atoms with van der Waals surface area (Å²) in [7, 11) is 1.40. The fourth-order valence-corrected chi connectivity index (χ4v) is 5.02. The molecule has 2 aromatic heterocycles. The van der Waals surface area contributed by atoms with E-state index in [-0.39, 0.29) is 18.1 Å². The minimum absolute atomic E-state index is 0.0125. The monoisotopic (exact) mass is 462 g/mol. The number of hydrogen-bond donors (Lipinski definition) is 1. The maximum Gasteiger partial charge on any atom is 0.337 e. The Balaban J connectivity index is 1.82. The maximum absolute atomic E-state index is 12.1. The molecule has 1 aliphatic heterocycles. The number of aromatic nitrogens is 2. The highest BCUT2D eigenvalue weighted by Crippen LogP contribution is 2.41. The lowest BCUT2D eigenvalue weighted by molar-refractivity contribution is 0.0600. The zero-order valence-corrected chi connectivity index (χ0v) is 20.5. The number of carbonyl (C=O) groups excluding carboxylic acids is 1. The molecule has 4 rings (SSSR count). The van der Waals surface area contributed by atoms with E-state index in [1.807, 2.05) is 42.6 Å². The first-order valence-electron chi connectivity index (χ1n) is 11.2. The highest BCUT2D eigenvalue weighted by Gasteiger charge is 2.41. The molecular weight excluding hydrogens is 432 g/mol. The van der Waals surface area contributed by atoms with Gasteiger partial charge in [-0.2, -0.15) is 0 Å². The quantitative estimate of drug-likeness (QED) is 0.415. The molecule has 0 amide bonds. The number of thiocarbonyl (C=S) groups is 1. The van der Waals surface area contributed by atoms with Crippen molar-refractivity contribution in [1.29, 1.82) is 0 Å². The lowest BCUT2D eigenvalue weighted by Gasteiger charge is -2.29. The van der Waals surface area contributed by atoms with E-state index in [1.165, 1.54) is 12.7 Å². The van der Waals surface area contributed by atoms with Gasteiger partial charge in [0.25, 0.3) is 0 Å². The molecular formula is C26H30N4O2S. The van der Waals surface area contributed by atoms with Crippen LogP contribution in [0.5, 0.6) is 0 Å². The molecule has 1 saturated heterocycles. The topological polar surface area (TPSA) is 59.4 Å². The van der Waals surface area contributed by atoms with Gasteiger partial charge in [0.2, 0.25) is 0 Å². The zero-order chi connectivity index (χ0) is 23.7. The van der Waals surface area contributed by atoms with Crippen LogP contribution in [0.25, 0.3) is 5.69 Å². The molecule has 0 spiro atoms. The van der Waals surface area contributed by atoms with Crippen LogP contribution < -0.4 is 5.32 Å². The van der Waals surface area contributed by atoms with E-state index in [4.69, 9.17) is 17.0 Å². The number of nitrogens with zero attached hydrogens (tertiary/aromatic N) is 3. The van der Waals surface area contributed by atoms with Gasteiger partial charge in [-0.05, 0) is 73.9 Å². The number of ether oxygens (including phenoxy) is 1. The number of esters is 1. The van der Waals surface area contributed by atoms with Crippen LogP contribution in [0.2, 0.25) is 0 Å². The first-order valence-corrected chi connectivity index (χ1v) is 11.6. The van der Waals surface area contributed by atoms with Crippen LogP contribution in [0, 0.1) is 19.8 Å². The second kappa shape index (κ2) is 9.35. The summed E-state index contributed by atoms with van der Waals surface area (Å²) in [5.41, 5.74) is 5.82. The molecule has 7 heteroatoms. The molecule has 3 aromatic rings. The first kappa shape index (κ1) is 23.0. The Labute approximate surface area is 200 Å². The van der Waals surface area contributed by atoms with Crippen molar-refractivity contribution in [2.75, 3.05) is 13.7 Å². The number of hydrogen-bond acceptors (Lipinski definition) is 4. The Bertz CT molecular complexity index is 1170. The maximum atomic E-state index is 12.1. The number of pyridine rings is 1. The molecule has 1 fully saturated rings. The summed E-state index contributed by atoms with van der Waals surface area (Å²) in [5.74, 6) is 0.109. The van der Waals surface area contributed by atoms with Crippen molar-refractivity contribution in [1.82, 2.24) is 19.8 Å². The van der Waals surface area contributed by atoms with Gasteiger partial charge < -0.3 is 19.5 Å². The summed E-state index contributed by atoms with van der Waals surface area (Å²) in [6.45, 7) is 9.47. The van der Waals surface area contributed by atoms with Crippen molar-refractivity contribution in [3.05, 3.63) is 82.9 Å². The van der Waals surface area contributed by atoms with Crippen LogP contribution in [-0.2, 0) is 4.74 Å². The van der Waals surface area contributed by atoms with Crippen molar-refractivity contribution in [3.63, 3.8) is 0 Å². The van der Waals surface area contributed by atoms with Crippen LogP contribution >= 0.6 is 12.2 Å². The molecule has 0 bridgehead atoms. The van der Waals surface area contributed by atoms with Crippen LogP contribution in [0.3, 0.4) is 0 Å². The van der Waals surface area contributed by atoms with Crippen molar-refractivity contribution in [2.45, 2.75) is 39.8 Å². The molecule has 0 unspecified atom stereocenters. The predicted molar refractivity (Wildman–Crippen MR) is 134 cm³/mol. The van der Waals surface area contributed by atoms with Gasteiger partial charge in [0.1, 0.15) is 0 Å². The third kappa shape index (κ3) is 4.37. The molecule has 6 nitrogen and oxygen atoms in total. The van der Waals surface area contributed by atoms with Crippen molar-refractivity contribution < 1.29 is 9.53 Å². The average Bonchev–Trinajstić information content (AvgIpc) is 3.28. The number of nitrogens with one attached hydrogen (secondary N) is 1. The summed E-state index contributed by atoms with van der Waals surface area (Å²) >= 11 is 5.78. The zero-order valence-electron chi connectivity index (χ0n) is 19.7. The number of benzene rings is 1. The summed E-state index contributed by atoms with van der Waals surface area (Å²) in [5, 5.41) is 4.28.